The normalized spacial score (nSPS) is 17.2. The van der Waals surface area contributed by atoms with Crippen molar-refractivity contribution in [1.82, 2.24) is 14.9 Å². The molecule has 186 valence electrons. The van der Waals surface area contributed by atoms with Crippen LogP contribution < -0.4 is 16.0 Å². The van der Waals surface area contributed by atoms with Gasteiger partial charge >= 0.3 is 0 Å². The van der Waals surface area contributed by atoms with E-state index in [1.807, 2.05) is 11.8 Å². The molecular weight excluding hydrogens is 448 g/mol. The van der Waals surface area contributed by atoms with Crippen LogP contribution in [0.4, 0.5) is 11.5 Å². The van der Waals surface area contributed by atoms with Gasteiger partial charge in [-0.2, -0.15) is 11.8 Å². The number of rotatable bonds is 8. The first-order chi connectivity index (χ1) is 16.5. The summed E-state index contributed by atoms with van der Waals surface area (Å²) in [5, 5.41) is 3.48. The summed E-state index contributed by atoms with van der Waals surface area (Å²) in [6, 6.07) is 10.8. The standard InChI is InChI=1S/C24H35N5OS.CH3NO/c1-28(2)13-12-25-20-8-6-19(7-9-20)23-26-21(24(31-3)10-4-5-11-24)18-22(27-23)29-14-16-30-17-15-29;2-1-3/h6-9,18,25H,4-5,10-17H2,1-3H3;1H,(H2,2,3). The number of hydrogen-bond donors (Lipinski definition) is 2. The van der Waals surface area contributed by atoms with Crippen LogP contribution in [0.25, 0.3) is 11.4 Å². The fourth-order valence-electron chi connectivity index (χ4n) is 4.42. The largest absolute Gasteiger partial charge is 0.384 e. The second kappa shape index (κ2) is 12.9. The average molecular weight is 487 g/mol. The summed E-state index contributed by atoms with van der Waals surface area (Å²) in [6.07, 6.45) is 7.43. The van der Waals surface area contributed by atoms with Crippen LogP contribution in [-0.2, 0) is 14.3 Å². The molecule has 0 bridgehead atoms. The minimum absolute atomic E-state index is 0.117. The third-order valence-corrected chi connectivity index (χ3v) is 7.75. The fourth-order valence-corrected chi connectivity index (χ4v) is 5.43. The van der Waals surface area contributed by atoms with E-state index >= 15 is 0 Å². The molecular formula is C25H38N6O2S. The van der Waals surface area contributed by atoms with Gasteiger partial charge in [-0.1, -0.05) is 12.8 Å². The molecule has 1 saturated heterocycles. The number of morpholine rings is 1. The molecule has 2 heterocycles. The van der Waals surface area contributed by atoms with Crippen molar-refractivity contribution in [2.75, 3.05) is 70.0 Å². The smallest absolute Gasteiger partial charge is 0.204 e. The maximum atomic E-state index is 8.58. The summed E-state index contributed by atoms with van der Waals surface area (Å²) in [6.45, 7) is 5.22. The monoisotopic (exact) mass is 486 g/mol. The SMILES string of the molecule is CSC1(c2cc(N3CCOCC3)nc(-c3ccc(NCCN(C)C)cc3)n2)CCCC1.NC=O. The first-order valence-electron chi connectivity index (χ1n) is 11.9. The van der Waals surface area contributed by atoms with E-state index in [1.165, 1.54) is 31.4 Å². The quantitative estimate of drug-likeness (QED) is 0.549. The number of hydrogen-bond acceptors (Lipinski definition) is 8. The molecule has 0 spiro atoms. The lowest BCUT2D eigenvalue weighted by molar-refractivity contribution is -0.106. The maximum absolute atomic E-state index is 8.58. The Hall–Kier alpha value is -2.36. The Morgan fingerprint density at radius 2 is 1.82 bits per heavy atom. The van der Waals surface area contributed by atoms with E-state index in [-0.39, 0.29) is 11.2 Å². The maximum Gasteiger partial charge on any atom is 0.204 e. The highest BCUT2D eigenvalue weighted by Gasteiger charge is 2.37. The number of primary amides is 1. The molecule has 4 rings (SSSR count). The van der Waals surface area contributed by atoms with Gasteiger partial charge in [-0.25, -0.2) is 9.97 Å². The van der Waals surface area contributed by atoms with Crippen LogP contribution in [0.5, 0.6) is 0 Å². The van der Waals surface area contributed by atoms with E-state index < -0.39 is 0 Å². The average Bonchev–Trinajstić information content (AvgIpc) is 3.36. The molecule has 0 unspecified atom stereocenters. The van der Waals surface area contributed by atoms with Gasteiger partial charge in [-0.05, 0) is 57.5 Å². The number of nitrogens with zero attached hydrogens (tertiary/aromatic N) is 4. The number of anilines is 2. The van der Waals surface area contributed by atoms with Crippen LogP contribution in [0.15, 0.2) is 30.3 Å². The third kappa shape index (κ3) is 6.84. The number of thioether (sulfide) groups is 1. The van der Waals surface area contributed by atoms with Gasteiger partial charge in [0.05, 0.1) is 23.7 Å². The Bertz CT molecular complexity index is 897. The van der Waals surface area contributed by atoms with E-state index in [4.69, 9.17) is 19.5 Å². The molecule has 2 aromatic rings. The Labute approximate surface area is 207 Å². The Morgan fingerprint density at radius 3 is 2.41 bits per heavy atom. The molecule has 3 N–H and O–H groups in total. The van der Waals surface area contributed by atoms with E-state index in [1.54, 1.807) is 0 Å². The number of likely N-dealkylation sites (N-methyl/N-ethyl adjacent to an activating group) is 1. The highest BCUT2D eigenvalue weighted by atomic mass is 32.2. The molecule has 34 heavy (non-hydrogen) atoms. The summed E-state index contributed by atoms with van der Waals surface area (Å²) >= 11 is 1.96. The predicted octanol–water partition coefficient (Wildman–Crippen LogP) is 3.19. The number of nitrogens with one attached hydrogen (secondary N) is 1. The molecule has 8 nitrogen and oxygen atoms in total. The molecule has 1 aliphatic carbocycles. The zero-order chi connectivity index (χ0) is 24.4. The first-order valence-corrected chi connectivity index (χ1v) is 13.2. The minimum Gasteiger partial charge on any atom is -0.384 e. The van der Waals surface area contributed by atoms with Crippen molar-refractivity contribution < 1.29 is 9.53 Å². The van der Waals surface area contributed by atoms with E-state index in [0.717, 1.165) is 62.3 Å². The van der Waals surface area contributed by atoms with Crippen molar-refractivity contribution in [3.63, 3.8) is 0 Å². The van der Waals surface area contributed by atoms with Gasteiger partial charge in [0.1, 0.15) is 5.82 Å². The Balaban J connectivity index is 0.00000103. The number of carbonyl (C=O) groups excluding carboxylic acids is 1. The number of ether oxygens (including phenoxy) is 1. The summed E-state index contributed by atoms with van der Waals surface area (Å²) in [5.41, 5.74) is 7.56. The van der Waals surface area contributed by atoms with Crippen LogP contribution in [0.3, 0.4) is 0 Å². The molecule has 1 aromatic heterocycles. The van der Waals surface area contributed by atoms with E-state index in [9.17, 15) is 0 Å². The van der Waals surface area contributed by atoms with Gasteiger partial charge in [-0.15, -0.1) is 0 Å². The third-order valence-electron chi connectivity index (χ3n) is 6.35. The van der Waals surface area contributed by atoms with Crippen molar-refractivity contribution in [3.8, 4) is 11.4 Å². The van der Waals surface area contributed by atoms with Gasteiger partial charge < -0.3 is 25.6 Å². The van der Waals surface area contributed by atoms with Crippen LogP contribution in [0, 0.1) is 0 Å². The molecule has 0 radical (unpaired) electrons. The number of aromatic nitrogens is 2. The summed E-state index contributed by atoms with van der Waals surface area (Å²) in [4.78, 5) is 23.2. The van der Waals surface area contributed by atoms with Crippen molar-refractivity contribution in [2.45, 2.75) is 30.4 Å². The lowest BCUT2D eigenvalue weighted by Gasteiger charge is -2.31. The van der Waals surface area contributed by atoms with Crippen molar-refractivity contribution in [1.29, 1.82) is 0 Å². The van der Waals surface area contributed by atoms with Crippen LogP contribution in [0.2, 0.25) is 0 Å². The molecule has 9 heteroatoms. The van der Waals surface area contributed by atoms with Crippen LogP contribution in [0.1, 0.15) is 31.4 Å². The molecule has 1 aliphatic heterocycles. The van der Waals surface area contributed by atoms with E-state index in [2.05, 4.69) is 71.5 Å². The second-order valence-electron chi connectivity index (χ2n) is 8.88. The lowest BCUT2D eigenvalue weighted by Crippen LogP contribution is -2.37. The molecule has 0 atom stereocenters. The zero-order valence-corrected chi connectivity index (χ0v) is 21.4. The van der Waals surface area contributed by atoms with E-state index in [0.29, 0.717) is 0 Å². The Kier molecular flexibility index (Phi) is 9.98. The van der Waals surface area contributed by atoms with Gasteiger partial charge in [0.2, 0.25) is 6.41 Å². The minimum atomic E-state index is 0.117. The van der Waals surface area contributed by atoms with Gasteiger partial charge in [0, 0.05) is 43.5 Å². The van der Waals surface area contributed by atoms with Crippen molar-refractivity contribution in [2.24, 2.45) is 5.73 Å². The highest BCUT2D eigenvalue weighted by molar-refractivity contribution is 7.99. The molecule has 2 fully saturated rings. The van der Waals surface area contributed by atoms with Gasteiger partial charge in [0.15, 0.2) is 5.82 Å². The number of nitrogens with two attached hydrogens (primary N) is 1. The van der Waals surface area contributed by atoms with Crippen LogP contribution >= 0.6 is 11.8 Å². The number of carbonyl (C=O) groups is 1. The number of benzene rings is 1. The van der Waals surface area contributed by atoms with Crippen LogP contribution in [-0.4, -0.2) is 81.0 Å². The highest BCUT2D eigenvalue weighted by Crippen LogP contribution is 2.48. The first kappa shape index (κ1) is 26.2. The lowest BCUT2D eigenvalue weighted by atomic mass is 10.0. The zero-order valence-electron chi connectivity index (χ0n) is 20.6. The molecule has 1 saturated carbocycles. The summed E-state index contributed by atoms with van der Waals surface area (Å²) in [5.74, 6) is 1.87. The summed E-state index contributed by atoms with van der Waals surface area (Å²) < 4.78 is 5.69. The van der Waals surface area contributed by atoms with Crippen molar-refractivity contribution in [3.05, 3.63) is 36.0 Å². The van der Waals surface area contributed by atoms with Gasteiger partial charge in [0.25, 0.3) is 0 Å². The summed E-state index contributed by atoms with van der Waals surface area (Å²) in [7, 11) is 4.18. The van der Waals surface area contributed by atoms with Crippen molar-refractivity contribution >= 4 is 29.7 Å². The van der Waals surface area contributed by atoms with Gasteiger partial charge in [-0.3, -0.25) is 4.79 Å². The fraction of sp³-hybridized carbons (Fsp3) is 0.560. The second-order valence-corrected chi connectivity index (χ2v) is 10.1. The molecule has 1 amide bonds. The topological polar surface area (TPSA) is 96.6 Å². The predicted molar refractivity (Wildman–Crippen MR) is 141 cm³/mol. The molecule has 2 aliphatic rings. The molecule has 1 aromatic carbocycles. The number of amides is 1. The Morgan fingerprint density at radius 1 is 1.18 bits per heavy atom.